The van der Waals surface area contributed by atoms with E-state index in [4.69, 9.17) is 0 Å². The number of rotatable bonds is 3. The third kappa shape index (κ3) is 3.31. The van der Waals surface area contributed by atoms with Gasteiger partial charge in [-0.15, -0.1) is 0 Å². The van der Waals surface area contributed by atoms with Crippen molar-refractivity contribution in [3.63, 3.8) is 0 Å². The minimum Gasteiger partial charge on any atom is -0.361 e. The molecule has 0 bridgehead atoms. The van der Waals surface area contributed by atoms with E-state index in [2.05, 4.69) is 46.1 Å². The maximum absolute atomic E-state index is 3.48. The summed E-state index contributed by atoms with van der Waals surface area (Å²) in [5.41, 5.74) is 4.18. The number of H-pyrrole nitrogens is 1. The predicted octanol–water partition coefficient (Wildman–Crippen LogP) is 4.10. The van der Waals surface area contributed by atoms with E-state index in [1.807, 2.05) is 0 Å². The van der Waals surface area contributed by atoms with Gasteiger partial charge in [-0.3, -0.25) is 9.80 Å². The lowest BCUT2D eigenvalue weighted by molar-refractivity contribution is 0.0928. The van der Waals surface area contributed by atoms with E-state index in [1.54, 1.807) is 0 Å². The number of benzene rings is 1. The van der Waals surface area contributed by atoms with Gasteiger partial charge < -0.3 is 4.98 Å². The minimum absolute atomic E-state index is 0.726. The molecule has 1 aromatic carbocycles. The highest BCUT2D eigenvalue weighted by Gasteiger charge is 2.24. The Morgan fingerprint density at radius 3 is 2.52 bits per heavy atom. The van der Waals surface area contributed by atoms with Gasteiger partial charge in [0.05, 0.1) is 6.67 Å². The third-order valence-corrected chi connectivity index (χ3v) is 5.75. The van der Waals surface area contributed by atoms with Crippen molar-refractivity contribution in [2.24, 2.45) is 0 Å². The molecule has 3 nitrogen and oxygen atoms in total. The highest BCUT2D eigenvalue weighted by Crippen LogP contribution is 2.33. The first kappa shape index (κ1) is 15.2. The van der Waals surface area contributed by atoms with Gasteiger partial charge in [0.15, 0.2) is 0 Å². The monoisotopic (exact) mass is 311 g/mol. The average Bonchev–Trinajstić information content (AvgIpc) is 2.99. The van der Waals surface area contributed by atoms with E-state index in [9.17, 15) is 0 Å². The minimum atomic E-state index is 0.726. The Labute approximate surface area is 139 Å². The molecule has 0 spiro atoms. The second-order valence-corrected chi connectivity index (χ2v) is 7.51. The fraction of sp³-hybridized carbons (Fsp3) is 0.600. The number of hydrogen-bond acceptors (Lipinski definition) is 2. The molecule has 3 heterocycles. The van der Waals surface area contributed by atoms with Crippen LogP contribution in [-0.4, -0.2) is 47.6 Å². The lowest BCUT2D eigenvalue weighted by Crippen LogP contribution is -2.43. The van der Waals surface area contributed by atoms with E-state index < -0.39 is 0 Å². The molecule has 0 amide bonds. The normalized spacial score (nSPS) is 22.0. The summed E-state index contributed by atoms with van der Waals surface area (Å²) in [4.78, 5) is 8.80. The highest BCUT2D eigenvalue weighted by atomic mass is 15.3. The van der Waals surface area contributed by atoms with Gasteiger partial charge in [0, 0.05) is 17.1 Å². The Kier molecular flexibility index (Phi) is 4.41. The van der Waals surface area contributed by atoms with Gasteiger partial charge >= 0.3 is 0 Å². The lowest BCUT2D eigenvalue weighted by atomic mass is 9.89. The summed E-state index contributed by atoms with van der Waals surface area (Å²) < 4.78 is 0. The smallest absolute Gasteiger partial charge is 0.0506 e. The molecular weight excluding hydrogens is 282 g/mol. The van der Waals surface area contributed by atoms with E-state index >= 15 is 0 Å². The highest BCUT2D eigenvalue weighted by molar-refractivity contribution is 5.84. The second kappa shape index (κ2) is 6.66. The van der Waals surface area contributed by atoms with Crippen LogP contribution in [0.4, 0.5) is 0 Å². The van der Waals surface area contributed by atoms with Gasteiger partial charge in [-0.05, 0) is 81.9 Å². The van der Waals surface area contributed by atoms with Crippen LogP contribution in [0.25, 0.3) is 10.9 Å². The standard InChI is InChI=1S/C20H29N3/c1-16-5-6-18-19(14-21-20(18)13-16)17-7-11-23(12-8-17)15-22-9-3-2-4-10-22/h5-6,13-14,17,21H,2-4,7-12,15H2,1H3. The zero-order chi connectivity index (χ0) is 15.6. The van der Waals surface area contributed by atoms with Crippen LogP contribution in [0.3, 0.4) is 0 Å². The number of piperidine rings is 2. The van der Waals surface area contributed by atoms with Crippen LogP contribution in [0.2, 0.25) is 0 Å². The first-order valence-corrected chi connectivity index (χ1v) is 9.32. The lowest BCUT2D eigenvalue weighted by Gasteiger charge is -2.37. The molecule has 2 saturated heterocycles. The van der Waals surface area contributed by atoms with Crippen LogP contribution in [0.5, 0.6) is 0 Å². The zero-order valence-electron chi connectivity index (χ0n) is 14.4. The molecular formula is C20H29N3. The van der Waals surface area contributed by atoms with Crippen molar-refractivity contribution >= 4 is 10.9 Å². The summed E-state index contributed by atoms with van der Waals surface area (Å²) in [6, 6.07) is 6.81. The van der Waals surface area contributed by atoms with Crippen molar-refractivity contribution in [2.45, 2.75) is 44.9 Å². The number of hydrogen-bond donors (Lipinski definition) is 1. The summed E-state index contributed by atoms with van der Waals surface area (Å²) >= 11 is 0. The molecule has 2 fully saturated rings. The number of aromatic nitrogens is 1. The Bertz CT molecular complexity index is 646. The summed E-state index contributed by atoms with van der Waals surface area (Å²) in [5.74, 6) is 0.726. The van der Waals surface area contributed by atoms with Crippen LogP contribution in [-0.2, 0) is 0 Å². The largest absolute Gasteiger partial charge is 0.361 e. The van der Waals surface area contributed by atoms with Crippen LogP contribution in [0, 0.1) is 6.92 Å². The average molecular weight is 311 g/mol. The van der Waals surface area contributed by atoms with Crippen molar-refractivity contribution in [1.29, 1.82) is 0 Å². The summed E-state index contributed by atoms with van der Waals surface area (Å²) in [6.45, 7) is 8.47. The Balaban J connectivity index is 1.38. The SMILES string of the molecule is Cc1ccc2c(C3CCN(CN4CCCCC4)CC3)c[nH]c2c1. The van der Waals surface area contributed by atoms with Crippen LogP contribution in [0.1, 0.15) is 49.1 Å². The first-order chi connectivity index (χ1) is 11.3. The van der Waals surface area contributed by atoms with E-state index in [0.717, 1.165) is 5.92 Å². The molecule has 2 aliphatic heterocycles. The van der Waals surface area contributed by atoms with Gasteiger partial charge in [0.1, 0.15) is 0 Å². The molecule has 0 saturated carbocycles. The van der Waals surface area contributed by atoms with Gasteiger partial charge in [0.25, 0.3) is 0 Å². The number of aryl methyl sites for hydroxylation is 1. The second-order valence-electron chi connectivity index (χ2n) is 7.51. The summed E-state index contributed by atoms with van der Waals surface area (Å²) in [6.07, 6.45) is 9.08. The number of nitrogens with zero attached hydrogens (tertiary/aromatic N) is 2. The van der Waals surface area contributed by atoms with Crippen molar-refractivity contribution in [2.75, 3.05) is 32.8 Å². The molecule has 2 aromatic rings. The van der Waals surface area contributed by atoms with Crippen molar-refractivity contribution in [3.05, 3.63) is 35.5 Å². The Hall–Kier alpha value is -1.32. The van der Waals surface area contributed by atoms with Gasteiger partial charge in [0.2, 0.25) is 0 Å². The van der Waals surface area contributed by atoms with Crippen LogP contribution in [0.15, 0.2) is 24.4 Å². The van der Waals surface area contributed by atoms with E-state index in [0.29, 0.717) is 0 Å². The fourth-order valence-corrected chi connectivity index (χ4v) is 4.37. The molecule has 2 aliphatic rings. The third-order valence-electron chi connectivity index (χ3n) is 5.75. The summed E-state index contributed by atoms with van der Waals surface area (Å²) in [5, 5.41) is 1.44. The molecule has 0 atom stereocenters. The molecule has 1 aromatic heterocycles. The van der Waals surface area contributed by atoms with E-state index in [1.165, 1.54) is 87.0 Å². The fourth-order valence-electron chi connectivity index (χ4n) is 4.37. The molecule has 124 valence electrons. The number of fused-ring (bicyclic) bond motifs is 1. The predicted molar refractivity (Wildman–Crippen MR) is 96.9 cm³/mol. The Morgan fingerprint density at radius 1 is 1.00 bits per heavy atom. The van der Waals surface area contributed by atoms with Crippen molar-refractivity contribution in [1.82, 2.24) is 14.8 Å². The van der Waals surface area contributed by atoms with Crippen LogP contribution < -0.4 is 0 Å². The Morgan fingerprint density at radius 2 is 1.74 bits per heavy atom. The molecule has 0 radical (unpaired) electrons. The maximum atomic E-state index is 3.48. The molecule has 4 rings (SSSR count). The number of aromatic amines is 1. The summed E-state index contributed by atoms with van der Waals surface area (Å²) in [7, 11) is 0. The van der Waals surface area contributed by atoms with Gasteiger partial charge in [-0.2, -0.15) is 0 Å². The maximum Gasteiger partial charge on any atom is 0.0506 e. The zero-order valence-corrected chi connectivity index (χ0v) is 14.4. The molecule has 1 N–H and O–H groups in total. The van der Waals surface area contributed by atoms with Gasteiger partial charge in [-0.25, -0.2) is 0 Å². The molecule has 3 heteroatoms. The molecule has 0 unspecified atom stereocenters. The van der Waals surface area contributed by atoms with Crippen molar-refractivity contribution < 1.29 is 0 Å². The molecule has 23 heavy (non-hydrogen) atoms. The number of nitrogens with one attached hydrogen (secondary N) is 1. The van der Waals surface area contributed by atoms with Crippen LogP contribution >= 0.6 is 0 Å². The van der Waals surface area contributed by atoms with E-state index in [-0.39, 0.29) is 0 Å². The van der Waals surface area contributed by atoms with Gasteiger partial charge in [-0.1, -0.05) is 18.6 Å². The molecule has 0 aliphatic carbocycles. The first-order valence-electron chi connectivity index (χ1n) is 9.32. The number of likely N-dealkylation sites (tertiary alicyclic amines) is 2. The quantitative estimate of drug-likeness (QED) is 0.922. The van der Waals surface area contributed by atoms with Crippen molar-refractivity contribution in [3.8, 4) is 0 Å². The topological polar surface area (TPSA) is 22.3 Å².